The van der Waals surface area contributed by atoms with Gasteiger partial charge in [0.1, 0.15) is 6.29 Å². The van der Waals surface area contributed by atoms with Crippen molar-refractivity contribution in [3.05, 3.63) is 0 Å². The van der Waals surface area contributed by atoms with Crippen LogP contribution in [0.4, 0.5) is 0 Å². The highest BCUT2D eigenvalue weighted by Crippen LogP contribution is 1.93. The molecule has 0 bridgehead atoms. The monoisotopic (exact) mass is 237 g/mol. The molecule has 0 amide bonds. The Morgan fingerprint density at radius 1 is 1.31 bits per heavy atom. The third-order valence-electron chi connectivity index (χ3n) is 1.49. The molecule has 0 fully saturated rings. The highest BCUT2D eigenvalue weighted by molar-refractivity contribution is 5.66. The van der Waals surface area contributed by atoms with Crippen LogP contribution >= 0.6 is 0 Å². The molecule has 0 rings (SSSR count). The van der Waals surface area contributed by atoms with Gasteiger partial charge in [-0.05, 0) is 0 Å². The summed E-state index contributed by atoms with van der Waals surface area (Å²) in [5.41, 5.74) is 3.94. The van der Waals surface area contributed by atoms with Gasteiger partial charge in [-0.2, -0.15) is 0 Å². The van der Waals surface area contributed by atoms with E-state index in [1.807, 2.05) is 0 Å². The number of nitrogens with two attached hydrogens (primary N) is 1. The quantitative estimate of drug-likeness (QED) is 0.234. The number of hydrogen-bond donors (Lipinski definition) is 4. The molecule has 0 heterocycles. The Bertz CT molecular complexity index is 184. The van der Waals surface area contributed by atoms with Crippen molar-refractivity contribution < 1.29 is 29.6 Å². The van der Waals surface area contributed by atoms with Gasteiger partial charge in [-0.1, -0.05) is 0 Å². The second-order valence-corrected chi connectivity index (χ2v) is 3.13. The van der Waals surface area contributed by atoms with Crippen LogP contribution in [0.25, 0.3) is 0 Å². The molecule has 0 aliphatic carbocycles. The van der Waals surface area contributed by atoms with Crippen LogP contribution in [-0.2, 0) is 14.3 Å². The van der Waals surface area contributed by atoms with E-state index >= 15 is 0 Å². The van der Waals surface area contributed by atoms with Crippen LogP contribution in [0.5, 0.6) is 0 Å². The zero-order valence-electron chi connectivity index (χ0n) is 9.26. The first-order valence-corrected chi connectivity index (χ1v) is 4.64. The average molecular weight is 237 g/mol. The van der Waals surface area contributed by atoms with Gasteiger partial charge in [0.05, 0.1) is 32.0 Å². The normalized spacial score (nSPS) is 10.1. The van der Waals surface area contributed by atoms with E-state index in [0.717, 1.165) is 0 Å². The minimum absolute atomic E-state index is 0.207. The standard InChI is InChI=1S/C5H8O3.C4H11NO3/c1-5(7)8-4-2-3-6;5-4(1-6,2-7)3-8/h3H,2,4H2,1H3;6-8H,1-3,5H2. The Hall–Kier alpha value is -1.02. The minimum atomic E-state index is -1.21. The fourth-order valence-corrected chi connectivity index (χ4v) is 0.401. The predicted molar refractivity (Wildman–Crippen MR) is 55.5 cm³/mol. The molecule has 0 aromatic rings. The lowest BCUT2D eigenvalue weighted by Gasteiger charge is -2.20. The van der Waals surface area contributed by atoms with Gasteiger partial charge in [0.25, 0.3) is 0 Å². The molecular weight excluding hydrogens is 218 g/mol. The maximum Gasteiger partial charge on any atom is 0.302 e. The summed E-state index contributed by atoms with van der Waals surface area (Å²) in [6.45, 7) is 0.309. The van der Waals surface area contributed by atoms with Crippen LogP contribution in [0.15, 0.2) is 0 Å². The number of hydrogen-bond acceptors (Lipinski definition) is 7. The Balaban J connectivity index is 0. The van der Waals surface area contributed by atoms with Crippen LogP contribution in [0.3, 0.4) is 0 Å². The largest absolute Gasteiger partial charge is 0.465 e. The number of aliphatic hydroxyl groups excluding tert-OH is 3. The van der Waals surface area contributed by atoms with Gasteiger partial charge in [0, 0.05) is 13.3 Å². The van der Waals surface area contributed by atoms with Crippen LogP contribution in [-0.4, -0.2) is 59.5 Å². The van der Waals surface area contributed by atoms with E-state index in [2.05, 4.69) is 4.74 Å². The summed E-state index contributed by atoms with van der Waals surface area (Å²) >= 11 is 0. The molecule has 0 aromatic heterocycles. The summed E-state index contributed by atoms with van der Waals surface area (Å²) in [6.07, 6.45) is 1.00. The highest BCUT2D eigenvalue weighted by atomic mass is 16.5. The van der Waals surface area contributed by atoms with Crippen LogP contribution in [0.2, 0.25) is 0 Å². The molecule has 7 nitrogen and oxygen atoms in total. The van der Waals surface area contributed by atoms with Gasteiger partial charge in [-0.3, -0.25) is 4.79 Å². The number of carbonyl (C=O) groups excluding carboxylic acids is 2. The molecule has 0 aromatic carbocycles. The van der Waals surface area contributed by atoms with Gasteiger partial charge >= 0.3 is 5.97 Å². The summed E-state index contributed by atoms with van der Waals surface area (Å²) < 4.78 is 4.41. The van der Waals surface area contributed by atoms with Gasteiger partial charge in [0.15, 0.2) is 0 Å². The fourth-order valence-electron chi connectivity index (χ4n) is 0.401. The van der Waals surface area contributed by atoms with E-state index in [0.29, 0.717) is 12.7 Å². The first-order chi connectivity index (χ1) is 7.45. The number of ether oxygens (including phenoxy) is 1. The second kappa shape index (κ2) is 10.5. The lowest BCUT2D eigenvalue weighted by molar-refractivity contribution is -0.141. The van der Waals surface area contributed by atoms with E-state index in [1.54, 1.807) is 0 Å². The third kappa shape index (κ3) is 11.1. The summed E-state index contributed by atoms with van der Waals surface area (Å²) in [6, 6.07) is 0. The van der Waals surface area contributed by atoms with E-state index in [-0.39, 0.29) is 12.6 Å². The zero-order chi connectivity index (χ0) is 13.0. The molecule has 0 aliphatic heterocycles. The van der Waals surface area contributed by atoms with Gasteiger partial charge in [-0.25, -0.2) is 0 Å². The van der Waals surface area contributed by atoms with E-state index in [4.69, 9.17) is 21.1 Å². The SMILES string of the molecule is CC(=O)OCCC=O.NC(CO)(CO)CO. The molecule has 0 radical (unpaired) electrons. The molecule has 16 heavy (non-hydrogen) atoms. The van der Waals surface area contributed by atoms with Crippen molar-refractivity contribution in [2.75, 3.05) is 26.4 Å². The Labute approximate surface area is 93.8 Å². The lowest BCUT2D eigenvalue weighted by Crippen LogP contribution is -2.50. The molecule has 0 spiro atoms. The number of carbonyl (C=O) groups is 2. The Morgan fingerprint density at radius 3 is 1.94 bits per heavy atom. The average Bonchev–Trinajstić information content (AvgIpc) is 2.29. The van der Waals surface area contributed by atoms with Crippen molar-refractivity contribution in [1.29, 1.82) is 0 Å². The van der Waals surface area contributed by atoms with E-state index in [9.17, 15) is 9.59 Å². The van der Waals surface area contributed by atoms with Crippen LogP contribution in [0.1, 0.15) is 13.3 Å². The number of aldehydes is 1. The molecule has 0 unspecified atom stereocenters. The Kier molecular flexibility index (Phi) is 11.4. The molecular formula is C9H19NO6. The van der Waals surface area contributed by atoms with Gasteiger partial charge < -0.3 is 30.6 Å². The van der Waals surface area contributed by atoms with Crippen molar-refractivity contribution in [3.8, 4) is 0 Å². The number of rotatable bonds is 6. The second-order valence-electron chi connectivity index (χ2n) is 3.13. The lowest BCUT2D eigenvalue weighted by atomic mass is 10.1. The topological polar surface area (TPSA) is 130 Å². The van der Waals surface area contributed by atoms with Crippen molar-refractivity contribution in [2.45, 2.75) is 18.9 Å². The summed E-state index contributed by atoms with van der Waals surface area (Å²) in [5.74, 6) is -0.341. The number of aliphatic hydroxyl groups is 3. The first-order valence-electron chi connectivity index (χ1n) is 4.64. The van der Waals surface area contributed by atoms with Gasteiger partial charge in [0.2, 0.25) is 0 Å². The van der Waals surface area contributed by atoms with E-state index in [1.165, 1.54) is 6.92 Å². The van der Waals surface area contributed by atoms with Crippen molar-refractivity contribution in [2.24, 2.45) is 5.73 Å². The van der Waals surface area contributed by atoms with Crippen LogP contribution < -0.4 is 5.73 Å². The molecule has 0 atom stereocenters. The number of esters is 1. The van der Waals surface area contributed by atoms with Gasteiger partial charge in [-0.15, -0.1) is 0 Å². The predicted octanol–water partition coefficient (Wildman–Crippen LogP) is -2.20. The van der Waals surface area contributed by atoms with Crippen LogP contribution in [0, 0.1) is 0 Å². The molecule has 5 N–H and O–H groups in total. The molecule has 0 saturated carbocycles. The zero-order valence-corrected chi connectivity index (χ0v) is 9.26. The molecule has 0 aliphatic rings. The van der Waals surface area contributed by atoms with Crippen molar-refractivity contribution in [1.82, 2.24) is 0 Å². The minimum Gasteiger partial charge on any atom is -0.465 e. The van der Waals surface area contributed by atoms with Crippen molar-refractivity contribution >= 4 is 12.3 Å². The molecule has 96 valence electrons. The molecule has 0 saturated heterocycles. The summed E-state index contributed by atoms with van der Waals surface area (Å²) in [4.78, 5) is 19.6. The highest BCUT2D eigenvalue weighted by Gasteiger charge is 2.20. The Morgan fingerprint density at radius 2 is 1.75 bits per heavy atom. The maximum absolute atomic E-state index is 9.98. The van der Waals surface area contributed by atoms with E-state index < -0.39 is 25.4 Å². The van der Waals surface area contributed by atoms with Crippen molar-refractivity contribution in [3.63, 3.8) is 0 Å². The first kappa shape index (κ1) is 17.4. The summed E-state index contributed by atoms with van der Waals surface area (Å²) in [5, 5.41) is 25.0. The summed E-state index contributed by atoms with van der Waals surface area (Å²) in [7, 11) is 0. The molecule has 7 heteroatoms. The fraction of sp³-hybridized carbons (Fsp3) is 0.778. The maximum atomic E-state index is 9.98. The smallest absolute Gasteiger partial charge is 0.302 e. The third-order valence-corrected chi connectivity index (χ3v) is 1.49.